The highest BCUT2D eigenvalue weighted by Gasteiger charge is 2.52. The molecule has 0 aliphatic carbocycles. The third-order valence-corrected chi connectivity index (χ3v) is 5.53. The number of carboxylic acids is 1. The molecule has 0 saturated carbocycles. The molecule has 1 aromatic carbocycles. The second-order valence-electron chi connectivity index (χ2n) is 7.92. The summed E-state index contributed by atoms with van der Waals surface area (Å²) in [7, 11) is -1.28. The van der Waals surface area contributed by atoms with Gasteiger partial charge in [-0.3, -0.25) is 14.4 Å². The van der Waals surface area contributed by atoms with Crippen LogP contribution >= 0.6 is 23.2 Å². The van der Waals surface area contributed by atoms with Gasteiger partial charge in [-0.15, -0.1) is 0 Å². The molecule has 0 bridgehead atoms. The molecular weight excluding hydrogens is 462 g/mol. The van der Waals surface area contributed by atoms with E-state index in [1.165, 1.54) is 18.2 Å². The fraction of sp³-hybridized carbons (Fsp3) is 0.500. The minimum atomic E-state index is -1.72. The van der Waals surface area contributed by atoms with Crippen molar-refractivity contribution in [1.82, 2.24) is 10.6 Å². The Balaban J connectivity index is 2.08. The number of benzene rings is 1. The van der Waals surface area contributed by atoms with Crippen LogP contribution in [-0.4, -0.2) is 54.1 Å². The molecule has 1 fully saturated rings. The first-order valence-electron chi connectivity index (χ1n) is 10.1. The first-order chi connectivity index (χ1) is 15.0. The highest BCUT2D eigenvalue weighted by Crippen LogP contribution is 2.29. The summed E-state index contributed by atoms with van der Waals surface area (Å²) >= 11 is 11.9. The lowest BCUT2D eigenvalue weighted by Gasteiger charge is -2.38. The van der Waals surface area contributed by atoms with Crippen molar-refractivity contribution in [1.29, 1.82) is 0 Å². The Morgan fingerprint density at radius 3 is 2.56 bits per heavy atom. The first-order valence-corrected chi connectivity index (χ1v) is 10.9. The Bertz CT molecular complexity index is 899. The van der Waals surface area contributed by atoms with Crippen LogP contribution in [-0.2, 0) is 23.7 Å². The number of hydrogen-bond donors (Lipinski definition) is 3. The van der Waals surface area contributed by atoms with Gasteiger partial charge >= 0.3 is 13.1 Å². The molecule has 3 N–H and O–H groups in total. The summed E-state index contributed by atoms with van der Waals surface area (Å²) in [6.07, 6.45) is -0.0297. The maximum atomic E-state index is 12.5. The van der Waals surface area contributed by atoms with Gasteiger partial charge in [-0.2, -0.15) is 0 Å². The van der Waals surface area contributed by atoms with Crippen molar-refractivity contribution in [2.24, 2.45) is 5.92 Å². The number of hydrogen-bond acceptors (Lipinski definition) is 6. The van der Waals surface area contributed by atoms with E-state index < -0.39 is 55.4 Å². The topological polar surface area (TPSA) is 131 Å². The average Bonchev–Trinajstić information content (AvgIpc) is 2.72. The molecule has 0 spiro atoms. The standard InChI is InChI=1S/C20H25BCl2N2O7/c1-4-20(19(29)30)9-17(27)31-21(32-20)15(7-11(2)3)25-16(26)10-24-18(28)13-8-12(22)5-6-14(13)23/h5-6,8,11,15H,4,7,9-10H2,1-3H3,(H,24,28)(H,25,26)(H,29,30)/t15-,20?/m0/s1. The molecule has 12 heteroatoms. The van der Waals surface area contributed by atoms with Crippen LogP contribution in [0.2, 0.25) is 10.0 Å². The lowest BCUT2D eigenvalue weighted by molar-refractivity contribution is -0.171. The Hall–Kier alpha value is -2.30. The SMILES string of the molecule is CCC1(C(=O)O)CC(=O)OB([C@H](CC(C)C)NC(=O)CNC(=O)c2cc(Cl)ccc2Cl)O1. The number of aliphatic carboxylic acids is 1. The van der Waals surface area contributed by atoms with Crippen LogP contribution in [0.5, 0.6) is 0 Å². The smallest absolute Gasteiger partial charge is 0.508 e. The van der Waals surface area contributed by atoms with E-state index in [1.807, 2.05) is 13.8 Å². The number of carbonyl (C=O) groups is 4. The molecular formula is C20H25BCl2N2O7. The van der Waals surface area contributed by atoms with E-state index in [9.17, 15) is 24.3 Å². The number of nitrogens with one attached hydrogen (secondary N) is 2. The van der Waals surface area contributed by atoms with E-state index in [0.29, 0.717) is 11.4 Å². The minimum Gasteiger partial charge on any atom is -0.508 e. The van der Waals surface area contributed by atoms with Gasteiger partial charge in [-0.25, -0.2) is 4.79 Å². The van der Waals surface area contributed by atoms with E-state index >= 15 is 0 Å². The molecule has 0 aromatic heterocycles. The normalized spacial score (nSPS) is 19.3. The second-order valence-corrected chi connectivity index (χ2v) is 8.76. The zero-order chi connectivity index (χ0) is 24.1. The van der Waals surface area contributed by atoms with Crippen molar-refractivity contribution in [3.8, 4) is 0 Å². The van der Waals surface area contributed by atoms with Gasteiger partial charge in [0.05, 0.1) is 29.5 Å². The zero-order valence-electron chi connectivity index (χ0n) is 17.9. The van der Waals surface area contributed by atoms with Crippen LogP contribution in [0.15, 0.2) is 18.2 Å². The van der Waals surface area contributed by atoms with E-state index in [2.05, 4.69) is 10.6 Å². The highest BCUT2D eigenvalue weighted by atomic mass is 35.5. The summed E-state index contributed by atoms with van der Waals surface area (Å²) in [4.78, 5) is 48.7. The molecule has 1 aliphatic rings. The molecule has 0 radical (unpaired) electrons. The monoisotopic (exact) mass is 486 g/mol. The Labute approximate surface area is 196 Å². The van der Waals surface area contributed by atoms with Crippen molar-refractivity contribution < 1.29 is 33.6 Å². The average molecular weight is 487 g/mol. The quantitative estimate of drug-likeness (QED) is 0.457. The third-order valence-electron chi connectivity index (χ3n) is 4.96. The van der Waals surface area contributed by atoms with Crippen molar-refractivity contribution in [3.63, 3.8) is 0 Å². The van der Waals surface area contributed by atoms with E-state index in [1.54, 1.807) is 6.92 Å². The molecule has 9 nitrogen and oxygen atoms in total. The van der Waals surface area contributed by atoms with Gasteiger partial charge < -0.3 is 25.0 Å². The van der Waals surface area contributed by atoms with Crippen LogP contribution in [0.25, 0.3) is 0 Å². The number of rotatable bonds is 9. The van der Waals surface area contributed by atoms with Gasteiger partial charge in [0, 0.05) is 5.02 Å². The predicted octanol–water partition coefficient (Wildman–Crippen LogP) is 2.48. The predicted molar refractivity (Wildman–Crippen MR) is 118 cm³/mol. The van der Waals surface area contributed by atoms with E-state index in [0.717, 1.165) is 0 Å². The first kappa shape index (κ1) is 26.0. The maximum absolute atomic E-state index is 12.5. The van der Waals surface area contributed by atoms with Gasteiger partial charge in [-0.1, -0.05) is 44.0 Å². The fourth-order valence-corrected chi connectivity index (χ4v) is 3.65. The molecule has 1 aliphatic heterocycles. The number of halogens is 2. The lowest BCUT2D eigenvalue weighted by Crippen LogP contribution is -2.61. The van der Waals surface area contributed by atoms with Crippen molar-refractivity contribution in [2.75, 3.05) is 6.54 Å². The maximum Gasteiger partial charge on any atom is 0.552 e. The van der Waals surface area contributed by atoms with Crippen molar-refractivity contribution >= 4 is 54.1 Å². The van der Waals surface area contributed by atoms with Crippen LogP contribution < -0.4 is 10.6 Å². The molecule has 1 saturated heterocycles. The Morgan fingerprint density at radius 1 is 1.28 bits per heavy atom. The Morgan fingerprint density at radius 2 is 1.97 bits per heavy atom. The zero-order valence-corrected chi connectivity index (χ0v) is 19.5. The molecule has 32 heavy (non-hydrogen) atoms. The van der Waals surface area contributed by atoms with Crippen LogP contribution in [0.4, 0.5) is 0 Å². The van der Waals surface area contributed by atoms with Crippen molar-refractivity contribution in [3.05, 3.63) is 33.8 Å². The van der Waals surface area contributed by atoms with E-state index in [-0.39, 0.29) is 22.9 Å². The van der Waals surface area contributed by atoms with Crippen LogP contribution in [0.1, 0.15) is 50.4 Å². The summed E-state index contributed by atoms with van der Waals surface area (Å²) in [5.74, 6) is -3.93. The molecule has 2 amide bonds. The van der Waals surface area contributed by atoms with Gasteiger partial charge in [0.25, 0.3) is 11.9 Å². The van der Waals surface area contributed by atoms with Gasteiger partial charge in [0.15, 0.2) is 5.60 Å². The molecule has 1 heterocycles. The third kappa shape index (κ3) is 6.60. The fourth-order valence-electron chi connectivity index (χ4n) is 3.27. The molecule has 1 unspecified atom stereocenters. The molecule has 174 valence electrons. The lowest BCUT2D eigenvalue weighted by atomic mass is 9.71. The summed E-state index contributed by atoms with van der Waals surface area (Å²) in [6, 6.07) is 4.38. The largest absolute Gasteiger partial charge is 0.552 e. The minimum absolute atomic E-state index is 0.0483. The number of carboxylic acid groups (broad SMARTS) is 1. The summed E-state index contributed by atoms with van der Waals surface area (Å²) in [6.45, 7) is 4.97. The van der Waals surface area contributed by atoms with Crippen LogP contribution in [0, 0.1) is 5.92 Å². The van der Waals surface area contributed by atoms with Gasteiger partial charge in [0.2, 0.25) is 5.91 Å². The number of carbonyl (C=O) groups excluding carboxylic acids is 3. The molecule has 2 rings (SSSR count). The summed E-state index contributed by atoms with van der Waals surface area (Å²) in [5.41, 5.74) is -1.61. The van der Waals surface area contributed by atoms with Gasteiger partial charge in [-0.05, 0) is 37.0 Å². The Kier molecular flexibility index (Phi) is 8.94. The van der Waals surface area contributed by atoms with Crippen molar-refractivity contribution in [2.45, 2.75) is 51.6 Å². The van der Waals surface area contributed by atoms with Gasteiger partial charge in [0.1, 0.15) is 0 Å². The second kappa shape index (κ2) is 11.0. The van der Waals surface area contributed by atoms with Crippen LogP contribution in [0.3, 0.4) is 0 Å². The number of amides is 2. The summed E-state index contributed by atoms with van der Waals surface area (Å²) < 4.78 is 10.9. The summed E-state index contributed by atoms with van der Waals surface area (Å²) in [5, 5.41) is 15.2. The highest BCUT2D eigenvalue weighted by molar-refractivity contribution is 6.50. The molecule has 2 atom stereocenters. The molecule has 1 aromatic rings. The van der Waals surface area contributed by atoms with E-state index in [4.69, 9.17) is 32.5 Å².